The first-order chi connectivity index (χ1) is 8.18. The molecule has 0 fully saturated rings. The normalized spacial score (nSPS) is 10.5. The molecule has 17 heavy (non-hydrogen) atoms. The summed E-state index contributed by atoms with van der Waals surface area (Å²) in [4.78, 5) is 4.09. The molecule has 2 rings (SSSR count). The summed E-state index contributed by atoms with van der Waals surface area (Å²) in [5, 5.41) is 5.59. The molecule has 0 saturated heterocycles. The quantitative estimate of drug-likeness (QED) is 0.826. The molecule has 0 radical (unpaired) electrons. The van der Waals surface area contributed by atoms with Crippen LogP contribution < -0.4 is 11.1 Å². The van der Waals surface area contributed by atoms with Gasteiger partial charge in [0.2, 0.25) is 0 Å². The number of thiazole rings is 1. The average Bonchev–Trinajstić information content (AvgIpc) is 2.81. The van der Waals surface area contributed by atoms with E-state index >= 15 is 0 Å². The van der Waals surface area contributed by atoms with E-state index in [2.05, 4.69) is 10.3 Å². The predicted molar refractivity (Wildman–Crippen MR) is 65.1 cm³/mol. The van der Waals surface area contributed by atoms with Gasteiger partial charge >= 0.3 is 0 Å². The molecule has 90 valence electrons. The minimum absolute atomic E-state index is 0.0153. The lowest BCUT2D eigenvalue weighted by Crippen LogP contribution is -2.09. The number of aromatic nitrogens is 1. The summed E-state index contributed by atoms with van der Waals surface area (Å²) >= 11 is 1.52. The van der Waals surface area contributed by atoms with E-state index in [1.165, 1.54) is 17.4 Å². The van der Waals surface area contributed by atoms with Crippen molar-refractivity contribution in [3.63, 3.8) is 0 Å². The SMILES string of the molecule is Nc1ccc(F)c(F)c1NCCc1nccs1. The maximum absolute atomic E-state index is 13.4. The van der Waals surface area contributed by atoms with Crippen LogP contribution in [0.5, 0.6) is 0 Å². The first kappa shape index (κ1) is 11.8. The van der Waals surface area contributed by atoms with Crippen molar-refractivity contribution in [2.45, 2.75) is 6.42 Å². The first-order valence-electron chi connectivity index (χ1n) is 5.04. The lowest BCUT2D eigenvalue weighted by atomic mass is 10.2. The molecule has 0 aliphatic carbocycles. The van der Waals surface area contributed by atoms with Crippen molar-refractivity contribution in [1.82, 2.24) is 4.98 Å². The van der Waals surface area contributed by atoms with Gasteiger partial charge in [0.1, 0.15) is 0 Å². The first-order valence-corrected chi connectivity index (χ1v) is 5.92. The summed E-state index contributed by atoms with van der Waals surface area (Å²) in [5.41, 5.74) is 5.78. The number of rotatable bonds is 4. The number of nitrogens with zero attached hydrogens (tertiary/aromatic N) is 1. The Morgan fingerprint density at radius 3 is 2.88 bits per heavy atom. The lowest BCUT2D eigenvalue weighted by Gasteiger charge is -2.09. The Kier molecular flexibility index (Phi) is 3.53. The smallest absolute Gasteiger partial charge is 0.183 e. The molecule has 2 aromatic rings. The summed E-state index contributed by atoms with van der Waals surface area (Å²) in [7, 11) is 0. The Bertz CT molecular complexity index is 500. The third kappa shape index (κ3) is 2.71. The summed E-state index contributed by atoms with van der Waals surface area (Å²) in [6.45, 7) is 0.456. The third-order valence-corrected chi connectivity index (χ3v) is 3.09. The molecule has 1 aromatic heterocycles. The van der Waals surface area contributed by atoms with Gasteiger partial charge in [-0.1, -0.05) is 0 Å². The van der Waals surface area contributed by atoms with E-state index < -0.39 is 11.6 Å². The second kappa shape index (κ2) is 5.09. The van der Waals surface area contributed by atoms with Crippen LogP contribution in [-0.4, -0.2) is 11.5 Å². The number of anilines is 2. The van der Waals surface area contributed by atoms with Gasteiger partial charge in [0.05, 0.1) is 16.4 Å². The highest BCUT2D eigenvalue weighted by Gasteiger charge is 2.11. The van der Waals surface area contributed by atoms with Crippen LogP contribution in [0.2, 0.25) is 0 Å². The van der Waals surface area contributed by atoms with E-state index in [-0.39, 0.29) is 11.4 Å². The van der Waals surface area contributed by atoms with Crippen LogP contribution in [0.15, 0.2) is 23.7 Å². The molecule has 0 unspecified atom stereocenters. The summed E-state index contributed by atoms with van der Waals surface area (Å²) in [5.74, 6) is -1.85. The fourth-order valence-corrected chi connectivity index (χ4v) is 2.04. The highest BCUT2D eigenvalue weighted by Crippen LogP contribution is 2.24. The molecular weight excluding hydrogens is 244 g/mol. The lowest BCUT2D eigenvalue weighted by molar-refractivity contribution is 0.511. The second-order valence-corrected chi connectivity index (χ2v) is 4.41. The molecule has 1 aromatic carbocycles. The Morgan fingerprint density at radius 1 is 1.35 bits per heavy atom. The monoisotopic (exact) mass is 255 g/mol. The molecule has 0 saturated carbocycles. The van der Waals surface area contributed by atoms with Crippen molar-refractivity contribution < 1.29 is 8.78 Å². The van der Waals surface area contributed by atoms with Crippen molar-refractivity contribution in [2.75, 3.05) is 17.6 Å². The van der Waals surface area contributed by atoms with Gasteiger partial charge in [-0.2, -0.15) is 0 Å². The van der Waals surface area contributed by atoms with Gasteiger partial charge in [-0.25, -0.2) is 13.8 Å². The molecule has 0 amide bonds. The van der Waals surface area contributed by atoms with E-state index in [1.807, 2.05) is 5.38 Å². The van der Waals surface area contributed by atoms with E-state index in [0.29, 0.717) is 13.0 Å². The summed E-state index contributed by atoms with van der Waals surface area (Å²) in [6.07, 6.45) is 2.35. The molecular formula is C11H11F2N3S. The fraction of sp³-hybridized carbons (Fsp3) is 0.182. The minimum Gasteiger partial charge on any atom is -0.397 e. The van der Waals surface area contributed by atoms with E-state index in [1.54, 1.807) is 6.20 Å². The van der Waals surface area contributed by atoms with Gasteiger partial charge in [-0.05, 0) is 12.1 Å². The second-order valence-electron chi connectivity index (χ2n) is 3.43. The van der Waals surface area contributed by atoms with Crippen LogP contribution in [0.25, 0.3) is 0 Å². The Labute approximate surface area is 101 Å². The molecule has 3 nitrogen and oxygen atoms in total. The van der Waals surface area contributed by atoms with Gasteiger partial charge in [-0.15, -0.1) is 11.3 Å². The zero-order valence-electron chi connectivity index (χ0n) is 8.91. The number of nitrogens with two attached hydrogens (primary N) is 1. The molecule has 6 heteroatoms. The zero-order chi connectivity index (χ0) is 12.3. The minimum atomic E-state index is -0.941. The van der Waals surface area contributed by atoms with Crippen molar-refractivity contribution in [1.29, 1.82) is 0 Å². The van der Waals surface area contributed by atoms with Gasteiger partial charge in [-0.3, -0.25) is 0 Å². The Balaban J connectivity index is 2.01. The Hall–Kier alpha value is -1.69. The van der Waals surface area contributed by atoms with Crippen molar-refractivity contribution in [3.8, 4) is 0 Å². The summed E-state index contributed by atoms with van der Waals surface area (Å²) < 4.78 is 26.4. The van der Waals surface area contributed by atoms with E-state index in [9.17, 15) is 8.78 Å². The largest absolute Gasteiger partial charge is 0.397 e. The van der Waals surface area contributed by atoms with Gasteiger partial charge in [0.15, 0.2) is 11.6 Å². The standard InChI is InChI=1S/C11H11F2N3S/c12-7-1-2-8(14)11(10(7)13)16-4-3-9-15-5-6-17-9/h1-2,5-6,16H,3-4,14H2. The van der Waals surface area contributed by atoms with Crippen LogP contribution in [0.4, 0.5) is 20.2 Å². The highest BCUT2D eigenvalue weighted by molar-refractivity contribution is 7.09. The molecule has 0 bridgehead atoms. The van der Waals surface area contributed by atoms with Crippen LogP contribution in [0.3, 0.4) is 0 Å². The number of hydrogen-bond acceptors (Lipinski definition) is 4. The topological polar surface area (TPSA) is 50.9 Å². The maximum atomic E-state index is 13.4. The molecule has 3 N–H and O–H groups in total. The molecule has 0 aliphatic rings. The summed E-state index contributed by atoms with van der Waals surface area (Å²) in [6, 6.07) is 2.35. The Morgan fingerprint density at radius 2 is 2.18 bits per heavy atom. The van der Waals surface area contributed by atoms with Crippen molar-refractivity contribution in [3.05, 3.63) is 40.4 Å². The maximum Gasteiger partial charge on any atom is 0.183 e. The molecule has 0 spiro atoms. The highest BCUT2D eigenvalue weighted by atomic mass is 32.1. The zero-order valence-corrected chi connectivity index (χ0v) is 9.73. The number of hydrogen-bond donors (Lipinski definition) is 2. The van der Waals surface area contributed by atoms with Crippen LogP contribution in [0, 0.1) is 11.6 Å². The number of benzene rings is 1. The number of nitrogens with one attached hydrogen (secondary N) is 1. The van der Waals surface area contributed by atoms with Crippen molar-refractivity contribution >= 4 is 22.7 Å². The van der Waals surface area contributed by atoms with Crippen LogP contribution in [0.1, 0.15) is 5.01 Å². The van der Waals surface area contributed by atoms with Crippen LogP contribution >= 0.6 is 11.3 Å². The van der Waals surface area contributed by atoms with Crippen molar-refractivity contribution in [2.24, 2.45) is 0 Å². The average molecular weight is 255 g/mol. The molecule has 1 heterocycles. The van der Waals surface area contributed by atoms with Crippen LogP contribution in [-0.2, 0) is 6.42 Å². The third-order valence-electron chi connectivity index (χ3n) is 2.25. The predicted octanol–water partition coefficient (Wildman–Crippen LogP) is 2.66. The van der Waals surface area contributed by atoms with Gasteiger partial charge in [0, 0.05) is 24.5 Å². The molecule has 0 atom stereocenters. The molecule has 0 aliphatic heterocycles. The number of halogens is 2. The number of nitrogen functional groups attached to an aromatic ring is 1. The van der Waals surface area contributed by atoms with Gasteiger partial charge in [0.25, 0.3) is 0 Å². The van der Waals surface area contributed by atoms with E-state index in [0.717, 1.165) is 11.1 Å². The fourth-order valence-electron chi connectivity index (χ4n) is 1.42. The van der Waals surface area contributed by atoms with Gasteiger partial charge < -0.3 is 11.1 Å². The van der Waals surface area contributed by atoms with E-state index in [4.69, 9.17) is 5.73 Å².